The van der Waals surface area contributed by atoms with Crippen molar-refractivity contribution in [2.75, 3.05) is 11.9 Å². The molecule has 0 atom stereocenters. The molecule has 0 fully saturated rings. The number of carboxylic acid groups (broad SMARTS) is 1. The molecule has 1 heterocycles. The molecule has 2 rings (SSSR count). The van der Waals surface area contributed by atoms with Crippen LogP contribution in [0, 0.1) is 0 Å². The summed E-state index contributed by atoms with van der Waals surface area (Å²) in [5, 5.41) is 16.7. The number of nitrogens with one attached hydrogen (secondary N) is 1. The molecule has 5 nitrogen and oxygen atoms in total. The first-order valence-electron chi connectivity index (χ1n) is 5.91. The van der Waals surface area contributed by atoms with Gasteiger partial charge in [-0.25, -0.2) is 4.79 Å². The lowest BCUT2D eigenvalue weighted by Crippen LogP contribution is -2.10. The second-order valence-corrected chi connectivity index (χ2v) is 4.48. The fourth-order valence-corrected chi connectivity index (χ4v) is 1.92. The van der Waals surface area contributed by atoms with Crippen LogP contribution in [0.1, 0.15) is 16.8 Å². The predicted molar refractivity (Wildman–Crippen MR) is 73.7 cm³/mol. The molecule has 1 aromatic heterocycles. The zero-order valence-corrected chi connectivity index (χ0v) is 11.0. The fourth-order valence-electron chi connectivity index (χ4n) is 1.74. The molecule has 19 heavy (non-hydrogen) atoms. The molecule has 1 aromatic carbocycles. The first kappa shape index (κ1) is 13.4. The van der Waals surface area contributed by atoms with E-state index in [-0.39, 0.29) is 5.56 Å². The summed E-state index contributed by atoms with van der Waals surface area (Å²) in [4.78, 5) is 11.1. The first-order chi connectivity index (χ1) is 9.16. The van der Waals surface area contributed by atoms with E-state index in [4.69, 9.17) is 16.7 Å². The number of anilines is 1. The van der Waals surface area contributed by atoms with Gasteiger partial charge in [-0.15, -0.1) is 0 Å². The Morgan fingerprint density at radius 1 is 1.47 bits per heavy atom. The molecule has 0 spiro atoms. The van der Waals surface area contributed by atoms with Crippen LogP contribution in [0.5, 0.6) is 0 Å². The number of aromatic nitrogens is 2. The van der Waals surface area contributed by atoms with Crippen molar-refractivity contribution in [1.29, 1.82) is 0 Å². The van der Waals surface area contributed by atoms with E-state index in [0.29, 0.717) is 17.3 Å². The number of hydrogen-bond acceptors (Lipinski definition) is 3. The van der Waals surface area contributed by atoms with E-state index >= 15 is 0 Å². The second kappa shape index (κ2) is 6.24. The summed E-state index contributed by atoms with van der Waals surface area (Å²) in [6.45, 7) is 1.46. The number of rotatable bonds is 6. The van der Waals surface area contributed by atoms with Crippen LogP contribution in [0.25, 0.3) is 0 Å². The lowest BCUT2D eigenvalue weighted by molar-refractivity contribution is 0.0698. The highest BCUT2D eigenvalue weighted by atomic mass is 35.5. The average molecular weight is 280 g/mol. The summed E-state index contributed by atoms with van der Waals surface area (Å²) in [5.41, 5.74) is 0.768. The van der Waals surface area contributed by atoms with Gasteiger partial charge in [0.25, 0.3) is 0 Å². The van der Waals surface area contributed by atoms with Crippen molar-refractivity contribution in [3.8, 4) is 0 Å². The normalized spacial score (nSPS) is 10.4. The first-order valence-corrected chi connectivity index (χ1v) is 6.29. The molecule has 100 valence electrons. The second-order valence-electron chi connectivity index (χ2n) is 4.04. The van der Waals surface area contributed by atoms with Gasteiger partial charge in [-0.2, -0.15) is 5.10 Å². The molecule has 2 aromatic rings. The maximum Gasteiger partial charge on any atom is 0.337 e. The molecule has 0 aliphatic carbocycles. The van der Waals surface area contributed by atoms with Crippen LogP contribution in [-0.2, 0) is 6.54 Å². The van der Waals surface area contributed by atoms with Crippen LogP contribution in [0.15, 0.2) is 36.7 Å². The molecule has 0 aliphatic heterocycles. The van der Waals surface area contributed by atoms with Crippen LogP contribution in [0.3, 0.4) is 0 Å². The summed E-state index contributed by atoms with van der Waals surface area (Å²) in [7, 11) is 0. The molecule has 0 saturated heterocycles. The van der Waals surface area contributed by atoms with Gasteiger partial charge in [0.05, 0.1) is 5.56 Å². The lowest BCUT2D eigenvalue weighted by atomic mass is 10.2. The van der Waals surface area contributed by atoms with E-state index in [9.17, 15) is 4.79 Å². The Hall–Kier alpha value is -2.01. The van der Waals surface area contributed by atoms with E-state index in [2.05, 4.69) is 10.4 Å². The topological polar surface area (TPSA) is 67.2 Å². The van der Waals surface area contributed by atoms with Crippen molar-refractivity contribution in [3.05, 3.63) is 47.2 Å². The number of benzene rings is 1. The number of aryl methyl sites for hydroxylation is 1. The summed E-state index contributed by atoms with van der Waals surface area (Å²) in [6.07, 6.45) is 4.48. The third kappa shape index (κ3) is 3.72. The Bertz CT molecular complexity index is 555. The van der Waals surface area contributed by atoms with Crippen molar-refractivity contribution in [1.82, 2.24) is 9.78 Å². The largest absolute Gasteiger partial charge is 0.478 e. The fraction of sp³-hybridized carbons (Fsp3) is 0.231. The van der Waals surface area contributed by atoms with Crippen LogP contribution >= 0.6 is 11.6 Å². The minimum Gasteiger partial charge on any atom is -0.478 e. The monoisotopic (exact) mass is 279 g/mol. The number of carboxylic acids is 1. The van der Waals surface area contributed by atoms with Crippen molar-refractivity contribution < 1.29 is 9.90 Å². The van der Waals surface area contributed by atoms with Crippen LogP contribution in [0.4, 0.5) is 5.69 Å². The van der Waals surface area contributed by atoms with Gasteiger partial charge in [0.15, 0.2) is 0 Å². The Balaban J connectivity index is 1.90. The molecule has 0 radical (unpaired) electrons. The molecule has 0 amide bonds. The zero-order chi connectivity index (χ0) is 13.7. The lowest BCUT2D eigenvalue weighted by Gasteiger charge is -2.10. The van der Waals surface area contributed by atoms with Gasteiger partial charge < -0.3 is 10.4 Å². The predicted octanol–water partition coefficient (Wildman–Crippen LogP) is 2.74. The van der Waals surface area contributed by atoms with Crippen molar-refractivity contribution >= 4 is 23.3 Å². The maximum atomic E-state index is 11.1. The quantitative estimate of drug-likeness (QED) is 0.798. The molecule has 0 aliphatic rings. The van der Waals surface area contributed by atoms with Gasteiger partial charge in [-0.1, -0.05) is 11.6 Å². The highest BCUT2D eigenvalue weighted by molar-refractivity contribution is 6.31. The average Bonchev–Trinajstić information content (AvgIpc) is 2.89. The van der Waals surface area contributed by atoms with Crippen molar-refractivity contribution in [2.24, 2.45) is 0 Å². The summed E-state index contributed by atoms with van der Waals surface area (Å²) in [5.74, 6) is -0.989. The van der Waals surface area contributed by atoms with Crippen LogP contribution < -0.4 is 5.32 Å². The Labute approximate surface area is 115 Å². The van der Waals surface area contributed by atoms with E-state index in [0.717, 1.165) is 13.0 Å². The van der Waals surface area contributed by atoms with Crippen molar-refractivity contribution in [3.63, 3.8) is 0 Å². The van der Waals surface area contributed by atoms with E-state index in [1.54, 1.807) is 18.3 Å². The minimum atomic E-state index is -0.989. The summed E-state index contributed by atoms with van der Waals surface area (Å²) < 4.78 is 1.83. The molecule has 2 N–H and O–H groups in total. The minimum absolute atomic E-state index is 0.187. The smallest absolute Gasteiger partial charge is 0.337 e. The zero-order valence-electron chi connectivity index (χ0n) is 10.2. The number of hydrogen-bond donors (Lipinski definition) is 2. The third-order valence-corrected chi connectivity index (χ3v) is 2.89. The summed E-state index contributed by atoms with van der Waals surface area (Å²) >= 11 is 5.79. The molecule has 0 saturated carbocycles. The van der Waals surface area contributed by atoms with Crippen molar-refractivity contribution in [2.45, 2.75) is 13.0 Å². The molecular weight excluding hydrogens is 266 g/mol. The number of nitrogens with zero attached hydrogens (tertiary/aromatic N) is 2. The van der Waals surface area contributed by atoms with Gasteiger partial charge in [0.2, 0.25) is 0 Å². The molecular formula is C13H14ClN3O2. The SMILES string of the molecule is O=C(O)c1cc(Cl)ccc1NCCCn1cccn1. The Morgan fingerprint density at radius 2 is 2.32 bits per heavy atom. The maximum absolute atomic E-state index is 11.1. The highest BCUT2D eigenvalue weighted by Crippen LogP contribution is 2.20. The van der Waals surface area contributed by atoms with E-state index in [1.165, 1.54) is 6.07 Å². The number of carbonyl (C=O) groups is 1. The Kier molecular flexibility index (Phi) is 4.41. The number of aromatic carboxylic acids is 1. The van der Waals surface area contributed by atoms with Gasteiger partial charge in [-0.05, 0) is 30.7 Å². The van der Waals surface area contributed by atoms with E-state index < -0.39 is 5.97 Å². The van der Waals surface area contributed by atoms with E-state index in [1.807, 2.05) is 16.9 Å². The molecule has 0 unspecified atom stereocenters. The molecule has 0 bridgehead atoms. The van der Waals surface area contributed by atoms with Gasteiger partial charge in [0, 0.05) is 36.2 Å². The standard InChI is InChI=1S/C13H14ClN3O2/c14-10-3-4-12(11(9-10)13(18)19)15-5-1-7-17-8-2-6-16-17/h2-4,6,8-9,15H,1,5,7H2,(H,18,19). The third-order valence-electron chi connectivity index (χ3n) is 2.65. The van der Waals surface area contributed by atoms with Crippen LogP contribution in [0.2, 0.25) is 5.02 Å². The van der Waals surface area contributed by atoms with Gasteiger partial charge >= 0.3 is 5.97 Å². The Morgan fingerprint density at radius 3 is 3.00 bits per heavy atom. The molecule has 6 heteroatoms. The van der Waals surface area contributed by atoms with Crippen LogP contribution in [-0.4, -0.2) is 27.4 Å². The highest BCUT2D eigenvalue weighted by Gasteiger charge is 2.10. The van der Waals surface area contributed by atoms with Gasteiger partial charge in [-0.3, -0.25) is 4.68 Å². The number of halogens is 1. The summed E-state index contributed by atoms with van der Waals surface area (Å²) in [6, 6.07) is 6.67. The van der Waals surface area contributed by atoms with Gasteiger partial charge in [0.1, 0.15) is 0 Å².